The molecule has 96 valence electrons. The standard InChI is InChI=1S/C11H20N4O2/c1-8(2)10(6-16)14-11(17)9-5-15(4-3-12)7-13-9/h5,7-8,10,16H,3-4,6,12H2,1-2H3,(H,14,17). The van der Waals surface area contributed by atoms with Crippen molar-refractivity contribution in [3.05, 3.63) is 18.2 Å². The highest BCUT2D eigenvalue weighted by atomic mass is 16.3. The molecular weight excluding hydrogens is 220 g/mol. The first kappa shape index (κ1) is 13.7. The molecule has 4 N–H and O–H groups in total. The van der Waals surface area contributed by atoms with Gasteiger partial charge in [-0.3, -0.25) is 4.79 Å². The lowest BCUT2D eigenvalue weighted by atomic mass is 10.1. The van der Waals surface area contributed by atoms with Crippen LogP contribution in [0.1, 0.15) is 24.3 Å². The van der Waals surface area contributed by atoms with Crippen molar-refractivity contribution in [2.24, 2.45) is 11.7 Å². The highest BCUT2D eigenvalue weighted by molar-refractivity contribution is 5.92. The van der Waals surface area contributed by atoms with Crippen LogP contribution >= 0.6 is 0 Å². The maximum absolute atomic E-state index is 11.8. The minimum absolute atomic E-state index is 0.0765. The second-order valence-corrected chi connectivity index (χ2v) is 4.29. The van der Waals surface area contributed by atoms with E-state index in [1.165, 1.54) is 0 Å². The SMILES string of the molecule is CC(C)C(CO)NC(=O)c1cn(CCN)cn1. The van der Waals surface area contributed by atoms with Crippen LogP contribution in [0.15, 0.2) is 12.5 Å². The Kier molecular flexibility index (Phi) is 5.11. The van der Waals surface area contributed by atoms with E-state index in [0.29, 0.717) is 18.8 Å². The summed E-state index contributed by atoms with van der Waals surface area (Å²) in [6, 6.07) is -0.248. The van der Waals surface area contributed by atoms with Gasteiger partial charge in [0.25, 0.3) is 5.91 Å². The van der Waals surface area contributed by atoms with Crippen molar-refractivity contribution < 1.29 is 9.90 Å². The van der Waals surface area contributed by atoms with E-state index in [-0.39, 0.29) is 24.5 Å². The Hall–Kier alpha value is -1.40. The summed E-state index contributed by atoms with van der Waals surface area (Å²) in [5, 5.41) is 11.9. The number of amides is 1. The number of hydrogen-bond acceptors (Lipinski definition) is 4. The van der Waals surface area contributed by atoms with Crippen molar-refractivity contribution in [2.75, 3.05) is 13.2 Å². The minimum atomic E-state index is -0.270. The molecule has 1 unspecified atom stereocenters. The van der Waals surface area contributed by atoms with Gasteiger partial charge in [-0.2, -0.15) is 0 Å². The summed E-state index contributed by atoms with van der Waals surface area (Å²) in [6.45, 7) is 4.94. The first-order valence-corrected chi connectivity index (χ1v) is 5.72. The van der Waals surface area contributed by atoms with Crippen LogP contribution in [0.25, 0.3) is 0 Å². The normalized spacial score (nSPS) is 12.8. The molecular formula is C11H20N4O2. The van der Waals surface area contributed by atoms with Gasteiger partial charge in [-0.15, -0.1) is 0 Å². The Bertz CT molecular complexity index is 362. The zero-order chi connectivity index (χ0) is 12.8. The summed E-state index contributed by atoms with van der Waals surface area (Å²) in [4.78, 5) is 15.8. The highest BCUT2D eigenvalue weighted by Gasteiger charge is 2.17. The number of aliphatic hydroxyl groups is 1. The first-order valence-electron chi connectivity index (χ1n) is 5.72. The Balaban J connectivity index is 2.62. The number of aliphatic hydroxyl groups excluding tert-OH is 1. The molecule has 0 aromatic carbocycles. The second kappa shape index (κ2) is 6.36. The Morgan fingerprint density at radius 1 is 1.65 bits per heavy atom. The molecule has 0 aliphatic heterocycles. The van der Waals surface area contributed by atoms with Gasteiger partial charge < -0.3 is 20.7 Å². The molecule has 6 nitrogen and oxygen atoms in total. The van der Waals surface area contributed by atoms with Gasteiger partial charge in [-0.1, -0.05) is 13.8 Å². The maximum Gasteiger partial charge on any atom is 0.271 e. The number of rotatable bonds is 6. The number of hydrogen-bond donors (Lipinski definition) is 3. The fourth-order valence-corrected chi connectivity index (χ4v) is 1.41. The van der Waals surface area contributed by atoms with E-state index in [0.717, 1.165) is 0 Å². The molecule has 6 heteroatoms. The van der Waals surface area contributed by atoms with Gasteiger partial charge >= 0.3 is 0 Å². The maximum atomic E-state index is 11.8. The van der Waals surface area contributed by atoms with Gasteiger partial charge in [0.05, 0.1) is 19.0 Å². The number of nitrogens with two attached hydrogens (primary N) is 1. The second-order valence-electron chi connectivity index (χ2n) is 4.29. The summed E-state index contributed by atoms with van der Waals surface area (Å²) in [6.07, 6.45) is 3.22. The third kappa shape index (κ3) is 3.83. The number of carbonyl (C=O) groups excluding carboxylic acids is 1. The Labute approximate surface area is 101 Å². The van der Waals surface area contributed by atoms with E-state index in [9.17, 15) is 4.79 Å². The van der Waals surface area contributed by atoms with E-state index >= 15 is 0 Å². The average molecular weight is 240 g/mol. The largest absolute Gasteiger partial charge is 0.394 e. The molecule has 1 atom stereocenters. The van der Waals surface area contributed by atoms with Crippen molar-refractivity contribution in [3.8, 4) is 0 Å². The molecule has 0 spiro atoms. The van der Waals surface area contributed by atoms with E-state index < -0.39 is 0 Å². The summed E-state index contributed by atoms with van der Waals surface area (Å²) >= 11 is 0. The molecule has 0 bridgehead atoms. The molecule has 1 amide bonds. The fourth-order valence-electron chi connectivity index (χ4n) is 1.41. The van der Waals surface area contributed by atoms with Gasteiger partial charge in [0.2, 0.25) is 0 Å². The summed E-state index contributed by atoms with van der Waals surface area (Å²) in [5.41, 5.74) is 5.75. The third-order valence-electron chi connectivity index (χ3n) is 2.57. The van der Waals surface area contributed by atoms with Gasteiger partial charge in [-0.05, 0) is 5.92 Å². The molecule has 1 aromatic heterocycles. The zero-order valence-electron chi connectivity index (χ0n) is 10.3. The average Bonchev–Trinajstić information content (AvgIpc) is 2.74. The number of nitrogens with zero attached hydrogens (tertiary/aromatic N) is 2. The number of imidazole rings is 1. The van der Waals surface area contributed by atoms with Crippen molar-refractivity contribution in [1.29, 1.82) is 0 Å². The van der Waals surface area contributed by atoms with Crippen LogP contribution in [0.3, 0.4) is 0 Å². The first-order chi connectivity index (χ1) is 8.08. The number of aromatic nitrogens is 2. The molecule has 1 heterocycles. The predicted molar refractivity (Wildman–Crippen MR) is 64.5 cm³/mol. The summed E-state index contributed by atoms with van der Waals surface area (Å²) in [5.74, 6) is -0.0939. The Morgan fingerprint density at radius 3 is 2.88 bits per heavy atom. The molecule has 0 aliphatic rings. The van der Waals surface area contributed by atoms with E-state index in [1.54, 1.807) is 17.1 Å². The van der Waals surface area contributed by atoms with E-state index in [4.69, 9.17) is 10.8 Å². The van der Waals surface area contributed by atoms with Gasteiger partial charge in [0.1, 0.15) is 5.69 Å². The van der Waals surface area contributed by atoms with Gasteiger partial charge in [0.15, 0.2) is 0 Å². The topological polar surface area (TPSA) is 93.2 Å². The summed E-state index contributed by atoms with van der Waals surface area (Å²) < 4.78 is 1.76. The Morgan fingerprint density at radius 2 is 2.35 bits per heavy atom. The van der Waals surface area contributed by atoms with Crippen molar-refractivity contribution in [3.63, 3.8) is 0 Å². The molecule has 17 heavy (non-hydrogen) atoms. The molecule has 1 aromatic rings. The van der Waals surface area contributed by atoms with Crippen LogP contribution in [0.4, 0.5) is 0 Å². The molecule has 0 aliphatic carbocycles. The molecule has 0 saturated heterocycles. The third-order valence-corrected chi connectivity index (χ3v) is 2.57. The lowest BCUT2D eigenvalue weighted by Gasteiger charge is -2.19. The predicted octanol–water partition coefficient (Wildman–Crippen LogP) is -0.411. The number of carbonyl (C=O) groups is 1. The molecule has 0 radical (unpaired) electrons. The monoisotopic (exact) mass is 240 g/mol. The molecule has 1 rings (SSSR count). The van der Waals surface area contributed by atoms with E-state index in [2.05, 4.69) is 10.3 Å². The van der Waals surface area contributed by atoms with Crippen LogP contribution in [0.2, 0.25) is 0 Å². The van der Waals surface area contributed by atoms with E-state index in [1.807, 2.05) is 13.8 Å². The molecule has 0 fully saturated rings. The zero-order valence-corrected chi connectivity index (χ0v) is 10.3. The lowest BCUT2D eigenvalue weighted by molar-refractivity contribution is 0.0892. The van der Waals surface area contributed by atoms with Crippen LogP contribution in [-0.4, -0.2) is 39.8 Å². The van der Waals surface area contributed by atoms with Crippen molar-refractivity contribution in [1.82, 2.24) is 14.9 Å². The minimum Gasteiger partial charge on any atom is -0.394 e. The van der Waals surface area contributed by atoms with Crippen molar-refractivity contribution in [2.45, 2.75) is 26.4 Å². The van der Waals surface area contributed by atoms with Crippen LogP contribution in [-0.2, 0) is 6.54 Å². The lowest BCUT2D eigenvalue weighted by Crippen LogP contribution is -2.41. The van der Waals surface area contributed by atoms with Crippen LogP contribution in [0.5, 0.6) is 0 Å². The smallest absolute Gasteiger partial charge is 0.271 e. The number of nitrogens with one attached hydrogen (secondary N) is 1. The quantitative estimate of drug-likeness (QED) is 0.630. The summed E-state index contributed by atoms with van der Waals surface area (Å²) in [7, 11) is 0. The molecule has 0 saturated carbocycles. The van der Waals surface area contributed by atoms with Crippen LogP contribution in [0, 0.1) is 5.92 Å². The van der Waals surface area contributed by atoms with Gasteiger partial charge in [0, 0.05) is 19.3 Å². The van der Waals surface area contributed by atoms with Gasteiger partial charge in [-0.25, -0.2) is 4.98 Å². The highest BCUT2D eigenvalue weighted by Crippen LogP contribution is 2.03. The van der Waals surface area contributed by atoms with Crippen LogP contribution < -0.4 is 11.1 Å². The van der Waals surface area contributed by atoms with Crippen molar-refractivity contribution >= 4 is 5.91 Å². The fraction of sp³-hybridized carbons (Fsp3) is 0.636.